The Hall–Kier alpha value is -1.04. The van der Waals surface area contributed by atoms with E-state index in [2.05, 4.69) is 25.2 Å². The molecule has 0 bridgehead atoms. The van der Waals surface area contributed by atoms with E-state index in [-0.39, 0.29) is 11.8 Å². The molecule has 3 heteroatoms. The SMILES string of the molecule is CCCCC(CC)C(=O)NCCCCC#N. The van der Waals surface area contributed by atoms with Gasteiger partial charge in [0.1, 0.15) is 0 Å². The van der Waals surface area contributed by atoms with Crippen LogP contribution in [0.1, 0.15) is 58.8 Å². The largest absolute Gasteiger partial charge is 0.356 e. The molecule has 1 unspecified atom stereocenters. The molecule has 0 aromatic carbocycles. The van der Waals surface area contributed by atoms with E-state index in [0.29, 0.717) is 13.0 Å². The predicted octanol–water partition coefficient (Wildman–Crippen LogP) is 3.01. The lowest BCUT2D eigenvalue weighted by molar-refractivity contribution is -0.125. The van der Waals surface area contributed by atoms with Gasteiger partial charge < -0.3 is 5.32 Å². The fourth-order valence-corrected chi connectivity index (χ4v) is 1.66. The minimum Gasteiger partial charge on any atom is -0.356 e. The van der Waals surface area contributed by atoms with Crippen LogP contribution in [0.15, 0.2) is 0 Å². The first kappa shape index (κ1) is 15.0. The van der Waals surface area contributed by atoms with Crippen molar-refractivity contribution in [2.24, 2.45) is 5.92 Å². The van der Waals surface area contributed by atoms with Gasteiger partial charge in [0.25, 0.3) is 0 Å². The van der Waals surface area contributed by atoms with E-state index in [9.17, 15) is 4.79 Å². The Kier molecular flexibility index (Phi) is 9.80. The highest BCUT2D eigenvalue weighted by molar-refractivity contribution is 5.78. The Morgan fingerprint density at radius 2 is 2.06 bits per heavy atom. The molecule has 0 aliphatic heterocycles. The van der Waals surface area contributed by atoms with E-state index >= 15 is 0 Å². The van der Waals surface area contributed by atoms with Crippen molar-refractivity contribution in [1.29, 1.82) is 5.26 Å². The second kappa shape index (κ2) is 10.5. The van der Waals surface area contributed by atoms with Crippen LogP contribution in [0.2, 0.25) is 0 Å². The van der Waals surface area contributed by atoms with Gasteiger partial charge in [0.2, 0.25) is 5.91 Å². The van der Waals surface area contributed by atoms with E-state index in [4.69, 9.17) is 5.26 Å². The lowest BCUT2D eigenvalue weighted by atomic mass is 9.98. The van der Waals surface area contributed by atoms with Crippen molar-refractivity contribution in [2.45, 2.75) is 58.8 Å². The van der Waals surface area contributed by atoms with Crippen LogP contribution >= 0.6 is 0 Å². The van der Waals surface area contributed by atoms with Gasteiger partial charge in [0.15, 0.2) is 0 Å². The number of rotatable bonds is 9. The van der Waals surface area contributed by atoms with Crippen molar-refractivity contribution in [1.82, 2.24) is 5.32 Å². The summed E-state index contributed by atoms with van der Waals surface area (Å²) >= 11 is 0. The lowest BCUT2D eigenvalue weighted by Crippen LogP contribution is -2.31. The van der Waals surface area contributed by atoms with Gasteiger partial charge in [-0.2, -0.15) is 5.26 Å². The second-order valence-electron chi connectivity index (χ2n) is 4.15. The summed E-state index contributed by atoms with van der Waals surface area (Å²) in [5, 5.41) is 11.3. The summed E-state index contributed by atoms with van der Waals surface area (Å²) in [5.41, 5.74) is 0. The van der Waals surface area contributed by atoms with Crippen LogP contribution in [0.25, 0.3) is 0 Å². The van der Waals surface area contributed by atoms with Crippen LogP contribution in [-0.2, 0) is 4.79 Å². The van der Waals surface area contributed by atoms with Crippen molar-refractivity contribution < 1.29 is 4.79 Å². The zero-order valence-electron chi connectivity index (χ0n) is 10.6. The summed E-state index contributed by atoms with van der Waals surface area (Å²) < 4.78 is 0. The van der Waals surface area contributed by atoms with Crippen LogP contribution in [0.5, 0.6) is 0 Å². The van der Waals surface area contributed by atoms with Gasteiger partial charge in [0.05, 0.1) is 6.07 Å². The zero-order valence-corrected chi connectivity index (χ0v) is 10.6. The molecule has 0 saturated heterocycles. The van der Waals surface area contributed by atoms with E-state index in [1.165, 1.54) is 0 Å². The Morgan fingerprint density at radius 3 is 2.62 bits per heavy atom. The van der Waals surface area contributed by atoms with E-state index in [0.717, 1.165) is 38.5 Å². The van der Waals surface area contributed by atoms with E-state index in [1.54, 1.807) is 0 Å². The van der Waals surface area contributed by atoms with Crippen molar-refractivity contribution in [3.63, 3.8) is 0 Å². The molecule has 3 nitrogen and oxygen atoms in total. The molecular weight excluding hydrogens is 200 g/mol. The maximum atomic E-state index is 11.7. The van der Waals surface area contributed by atoms with Gasteiger partial charge in [-0.15, -0.1) is 0 Å². The summed E-state index contributed by atoms with van der Waals surface area (Å²) in [6.07, 6.45) is 6.56. The molecule has 1 amide bonds. The quantitative estimate of drug-likeness (QED) is 0.612. The average molecular weight is 224 g/mol. The highest BCUT2D eigenvalue weighted by Crippen LogP contribution is 2.12. The molecule has 0 aromatic heterocycles. The normalized spacial score (nSPS) is 11.8. The molecule has 92 valence electrons. The van der Waals surface area contributed by atoms with Crippen LogP contribution < -0.4 is 5.32 Å². The molecule has 1 atom stereocenters. The van der Waals surface area contributed by atoms with E-state index < -0.39 is 0 Å². The van der Waals surface area contributed by atoms with Crippen LogP contribution in [-0.4, -0.2) is 12.5 Å². The standard InChI is InChI=1S/C13H24N2O/c1-3-5-9-12(4-2)13(16)15-11-8-6-7-10-14/h12H,3-9,11H2,1-2H3,(H,15,16). The molecule has 0 aliphatic carbocycles. The van der Waals surface area contributed by atoms with Gasteiger partial charge >= 0.3 is 0 Å². The van der Waals surface area contributed by atoms with Gasteiger partial charge in [-0.3, -0.25) is 4.79 Å². The number of hydrogen-bond acceptors (Lipinski definition) is 2. The highest BCUT2D eigenvalue weighted by atomic mass is 16.1. The first-order chi connectivity index (χ1) is 7.76. The minimum atomic E-state index is 0.177. The summed E-state index contributed by atoms with van der Waals surface area (Å²) in [5.74, 6) is 0.365. The molecule has 1 N–H and O–H groups in total. The maximum Gasteiger partial charge on any atom is 0.223 e. The monoisotopic (exact) mass is 224 g/mol. The molecule has 0 radical (unpaired) electrons. The summed E-state index contributed by atoms with van der Waals surface area (Å²) in [4.78, 5) is 11.7. The van der Waals surface area contributed by atoms with Crippen LogP contribution in [0.3, 0.4) is 0 Å². The number of unbranched alkanes of at least 4 members (excludes halogenated alkanes) is 3. The number of nitriles is 1. The lowest BCUT2D eigenvalue weighted by Gasteiger charge is -2.14. The molecule has 16 heavy (non-hydrogen) atoms. The molecule has 0 rings (SSSR count). The zero-order chi connectivity index (χ0) is 12.2. The van der Waals surface area contributed by atoms with Gasteiger partial charge in [-0.25, -0.2) is 0 Å². The third kappa shape index (κ3) is 7.28. The topological polar surface area (TPSA) is 52.9 Å². The van der Waals surface area contributed by atoms with Crippen molar-refractivity contribution >= 4 is 5.91 Å². The predicted molar refractivity (Wildman–Crippen MR) is 65.8 cm³/mol. The van der Waals surface area contributed by atoms with E-state index in [1.807, 2.05) is 0 Å². The Balaban J connectivity index is 3.63. The van der Waals surface area contributed by atoms with Gasteiger partial charge in [0, 0.05) is 18.9 Å². The Labute approximate surface area is 99.2 Å². The first-order valence-corrected chi connectivity index (χ1v) is 6.40. The highest BCUT2D eigenvalue weighted by Gasteiger charge is 2.14. The molecule has 0 heterocycles. The smallest absolute Gasteiger partial charge is 0.223 e. The third-order valence-corrected chi connectivity index (χ3v) is 2.78. The molecule has 0 spiro atoms. The number of nitrogens with zero attached hydrogens (tertiary/aromatic N) is 1. The first-order valence-electron chi connectivity index (χ1n) is 6.40. The average Bonchev–Trinajstić information content (AvgIpc) is 2.30. The van der Waals surface area contributed by atoms with Crippen LogP contribution in [0.4, 0.5) is 0 Å². The third-order valence-electron chi connectivity index (χ3n) is 2.78. The molecular formula is C13H24N2O. The molecule has 0 aliphatic rings. The molecule has 0 aromatic rings. The number of carbonyl (C=O) groups excluding carboxylic acids is 1. The molecule has 0 fully saturated rings. The summed E-state index contributed by atoms with van der Waals surface area (Å²) in [6, 6.07) is 2.10. The maximum absolute atomic E-state index is 11.7. The number of amides is 1. The number of nitrogens with one attached hydrogen (secondary N) is 1. The fourth-order valence-electron chi connectivity index (χ4n) is 1.66. The summed E-state index contributed by atoms with van der Waals surface area (Å²) in [7, 11) is 0. The number of carbonyl (C=O) groups is 1. The van der Waals surface area contributed by atoms with Gasteiger partial charge in [-0.1, -0.05) is 26.7 Å². The van der Waals surface area contributed by atoms with Gasteiger partial charge in [-0.05, 0) is 25.7 Å². The van der Waals surface area contributed by atoms with Crippen molar-refractivity contribution in [3.8, 4) is 6.07 Å². The fraction of sp³-hybridized carbons (Fsp3) is 0.846. The summed E-state index contributed by atoms with van der Waals surface area (Å²) in [6.45, 7) is 4.92. The minimum absolute atomic E-state index is 0.177. The Bertz CT molecular complexity index is 220. The molecule has 0 saturated carbocycles. The van der Waals surface area contributed by atoms with Crippen LogP contribution in [0, 0.1) is 17.2 Å². The number of hydrogen-bond donors (Lipinski definition) is 1. The van der Waals surface area contributed by atoms with Crippen molar-refractivity contribution in [2.75, 3.05) is 6.54 Å². The second-order valence-corrected chi connectivity index (χ2v) is 4.15. The van der Waals surface area contributed by atoms with Crippen molar-refractivity contribution in [3.05, 3.63) is 0 Å². The Morgan fingerprint density at radius 1 is 1.31 bits per heavy atom.